The first-order valence-electron chi connectivity index (χ1n) is 4.44. The van der Waals surface area contributed by atoms with Crippen molar-refractivity contribution in [2.45, 2.75) is 19.0 Å². The topological polar surface area (TPSA) is 40.5 Å². The van der Waals surface area contributed by atoms with E-state index < -0.39 is 5.97 Å². The first-order valence-corrected chi connectivity index (χ1v) is 4.44. The van der Waals surface area contributed by atoms with E-state index in [9.17, 15) is 4.79 Å². The van der Waals surface area contributed by atoms with Gasteiger partial charge in [-0.15, -0.1) is 0 Å². The SMILES string of the molecule is CN(C)C(CCC(=O)O)[N+](C)(C)C. The summed E-state index contributed by atoms with van der Waals surface area (Å²) >= 11 is 0. The minimum Gasteiger partial charge on any atom is -0.481 e. The monoisotopic (exact) mass is 189 g/mol. The Bertz CT molecular complexity index is 173. The molecular weight excluding hydrogens is 168 g/mol. The fraction of sp³-hybridized carbons (Fsp3) is 0.889. The molecule has 0 amide bonds. The molecule has 0 aliphatic rings. The molecular formula is C9H21N2O2+. The van der Waals surface area contributed by atoms with E-state index in [4.69, 9.17) is 5.11 Å². The van der Waals surface area contributed by atoms with Crippen molar-refractivity contribution in [1.29, 1.82) is 0 Å². The van der Waals surface area contributed by atoms with Crippen LogP contribution < -0.4 is 0 Å². The Labute approximate surface area is 80.3 Å². The fourth-order valence-corrected chi connectivity index (χ4v) is 1.59. The molecule has 4 nitrogen and oxygen atoms in total. The van der Waals surface area contributed by atoms with Crippen molar-refractivity contribution in [3.8, 4) is 0 Å². The predicted octanol–water partition coefficient (Wildman–Crippen LogP) is 0.445. The second kappa shape index (κ2) is 4.58. The summed E-state index contributed by atoms with van der Waals surface area (Å²) in [6.07, 6.45) is 1.18. The largest absolute Gasteiger partial charge is 0.481 e. The van der Waals surface area contributed by atoms with Crippen LogP contribution in [-0.4, -0.2) is 61.9 Å². The molecule has 0 spiro atoms. The van der Waals surface area contributed by atoms with E-state index >= 15 is 0 Å². The lowest BCUT2D eigenvalue weighted by molar-refractivity contribution is -0.907. The van der Waals surface area contributed by atoms with E-state index in [1.165, 1.54) is 0 Å². The number of carbonyl (C=O) groups is 1. The van der Waals surface area contributed by atoms with Crippen LogP contribution in [0.3, 0.4) is 0 Å². The standard InChI is InChI=1S/C9H20N2O2/c1-10(2)8(11(3,4)5)6-7-9(12)13/h8H,6-7H2,1-5H3/p+1. The van der Waals surface area contributed by atoms with Crippen molar-refractivity contribution in [3.05, 3.63) is 0 Å². The van der Waals surface area contributed by atoms with Crippen LogP contribution in [0.2, 0.25) is 0 Å². The molecule has 0 heterocycles. The van der Waals surface area contributed by atoms with Gasteiger partial charge in [0.15, 0.2) is 0 Å². The highest BCUT2D eigenvalue weighted by molar-refractivity contribution is 5.66. The van der Waals surface area contributed by atoms with Gasteiger partial charge in [0.1, 0.15) is 6.17 Å². The van der Waals surface area contributed by atoms with Crippen LogP contribution in [0.4, 0.5) is 0 Å². The third-order valence-corrected chi connectivity index (χ3v) is 2.11. The number of hydrogen-bond acceptors (Lipinski definition) is 2. The van der Waals surface area contributed by atoms with Crippen LogP contribution in [-0.2, 0) is 4.79 Å². The molecule has 0 rings (SSSR count). The maximum atomic E-state index is 10.4. The summed E-state index contributed by atoms with van der Waals surface area (Å²) in [5.41, 5.74) is 0. The van der Waals surface area contributed by atoms with Crippen LogP contribution in [0.1, 0.15) is 12.8 Å². The van der Waals surface area contributed by atoms with Gasteiger partial charge in [0.2, 0.25) is 0 Å². The molecule has 4 heteroatoms. The number of aliphatic carboxylic acids is 1. The Kier molecular flexibility index (Phi) is 4.36. The van der Waals surface area contributed by atoms with Crippen molar-refractivity contribution < 1.29 is 14.4 Å². The zero-order valence-corrected chi connectivity index (χ0v) is 9.24. The van der Waals surface area contributed by atoms with Gasteiger partial charge in [-0.1, -0.05) is 0 Å². The molecule has 0 radical (unpaired) electrons. The van der Waals surface area contributed by atoms with Gasteiger partial charge in [0, 0.05) is 6.42 Å². The number of nitrogens with zero attached hydrogens (tertiary/aromatic N) is 2. The highest BCUT2D eigenvalue weighted by Gasteiger charge is 2.26. The van der Waals surface area contributed by atoms with Gasteiger partial charge >= 0.3 is 5.97 Å². The summed E-state index contributed by atoms with van der Waals surface area (Å²) < 4.78 is 0.764. The molecule has 0 bridgehead atoms. The lowest BCUT2D eigenvalue weighted by Crippen LogP contribution is -2.52. The van der Waals surface area contributed by atoms with E-state index in [0.29, 0.717) is 6.42 Å². The van der Waals surface area contributed by atoms with Crippen LogP contribution in [0.15, 0.2) is 0 Å². The van der Waals surface area contributed by atoms with Crippen molar-refractivity contribution in [2.24, 2.45) is 0 Å². The molecule has 0 aliphatic carbocycles. The molecule has 78 valence electrons. The summed E-state index contributed by atoms with van der Waals surface area (Å²) in [6.45, 7) is 0. The van der Waals surface area contributed by atoms with E-state index in [1.54, 1.807) is 0 Å². The van der Waals surface area contributed by atoms with Crippen LogP contribution >= 0.6 is 0 Å². The first-order chi connectivity index (χ1) is 5.75. The zero-order chi connectivity index (χ0) is 10.6. The summed E-state index contributed by atoms with van der Waals surface area (Å²) in [5.74, 6) is -0.722. The number of quaternary nitrogens is 1. The Hall–Kier alpha value is -0.610. The smallest absolute Gasteiger partial charge is 0.303 e. The van der Waals surface area contributed by atoms with Gasteiger partial charge in [0.05, 0.1) is 27.6 Å². The maximum Gasteiger partial charge on any atom is 0.303 e. The molecule has 0 aromatic heterocycles. The molecule has 0 aromatic rings. The van der Waals surface area contributed by atoms with Gasteiger partial charge in [-0.05, 0) is 14.1 Å². The van der Waals surface area contributed by atoms with Gasteiger partial charge in [-0.3, -0.25) is 9.69 Å². The molecule has 0 saturated heterocycles. The number of hydrogen-bond donors (Lipinski definition) is 1. The molecule has 0 aliphatic heterocycles. The van der Waals surface area contributed by atoms with Crippen LogP contribution in [0.5, 0.6) is 0 Å². The molecule has 13 heavy (non-hydrogen) atoms. The van der Waals surface area contributed by atoms with Gasteiger partial charge < -0.3 is 9.59 Å². The number of carboxylic acid groups (broad SMARTS) is 1. The highest BCUT2D eigenvalue weighted by Crippen LogP contribution is 2.11. The average Bonchev–Trinajstić information content (AvgIpc) is 1.81. The Morgan fingerprint density at radius 2 is 1.85 bits per heavy atom. The third kappa shape index (κ3) is 4.85. The normalized spacial score (nSPS) is 14.6. The Morgan fingerprint density at radius 3 is 2.08 bits per heavy atom. The number of rotatable bonds is 5. The molecule has 1 unspecified atom stereocenters. The second-order valence-corrected chi connectivity index (χ2v) is 4.49. The van der Waals surface area contributed by atoms with Crippen molar-refractivity contribution in [2.75, 3.05) is 35.2 Å². The van der Waals surface area contributed by atoms with Crippen LogP contribution in [0.25, 0.3) is 0 Å². The Balaban J connectivity index is 4.20. The average molecular weight is 189 g/mol. The molecule has 1 N–H and O–H groups in total. The van der Waals surface area contributed by atoms with Crippen molar-refractivity contribution in [3.63, 3.8) is 0 Å². The van der Waals surface area contributed by atoms with E-state index in [0.717, 1.165) is 4.48 Å². The second-order valence-electron chi connectivity index (χ2n) is 4.49. The fourth-order valence-electron chi connectivity index (χ4n) is 1.59. The summed E-state index contributed by atoms with van der Waals surface area (Å²) in [5, 5.41) is 8.58. The predicted molar refractivity (Wildman–Crippen MR) is 52.4 cm³/mol. The van der Waals surface area contributed by atoms with Crippen molar-refractivity contribution in [1.82, 2.24) is 4.90 Å². The number of carboxylic acids is 1. The van der Waals surface area contributed by atoms with Crippen LogP contribution in [0, 0.1) is 0 Å². The summed E-state index contributed by atoms with van der Waals surface area (Å²) in [6, 6.07) is 0. The highest BCUT2D eigenvalue weighted by atomic mass is 16.4. The molecule has 0 fully saturated rings. The van der Waals surface area contributed by atoms with E-state index in [1.807, 2.05) is 14.1 Å². The zero-order valence-electron chi connectivity index (χ0n) is 9.24. The maximum absolute atomic E-state index is 10.4. The summed E-state index contributed by atoms with van der Waals surface area (Å²) in [7, 11) is 10.2. The van der Waals surface area contributed by atoms with E-state index in [2.05, 4.69) is 26.0 Å². The lowest BCUT2D eigenvalue weighted by Gasteiger charge is -2.37. The van der Waals surface area contributed by atoms with Gasteiger partial charge in [-0.2, -0.15) is 0 Å². The minimum atomic E-state index is -0.722. The lowest BCUT2D eigenvalue weighted by atomic mass is 10.2. The molecule has 1 atom stereocenters. The van der Waals surface area contributed by atoms with Gasteiger partial charge in [0.25, 0.3) is 0 Å². The first kappa shape index (κ1) is 12.4. The minimum absolute atomic E-state index is 0.234. The quantitative estimate of drug-likeness (QED) is 0.504. The van der Waals surface area contributed by atoms with Crippen molar-refractivity contribution >= 4 is 5.97 Å². The Morgan fingerprint density at radius 1 is 1.38 bits per heavy atom. The van der Waals surface area contributed by atoms with Gasteiger partial charge in [-0.25, -0.2) is 0 Å². The molecule has 0 saturated carbocycles. The van der Waals surface area contributed by atoms with E-state index in [-0.39, 0.29) is 12.6 Å². The molecule has 0 aromatic carbocycles. The third-order valence-electron chi connectivity index (χ3n) is 2.11. The summed E-state index contributed by atoms with van der Waals surface area (Å²) in [4.78, 5) is 12.5.